The van der Waals surface area contributed by atoms with Gasteiger partial charge in [0.1, 0.15) is 0 Å². The molecule has 0 heterocycles. The van der Waals surface area contributed by atoms with Crippen LogP contribution >= 0.6 is 27.5 Å². The Bertz CT molecular complexity index is 418. The third-order valence-electron chi connectivity index (χ3n) is 1.64. The molecule has 1 N–H and O–H groups in total. The zero-order chi connectivity index (χ0) is 12.8. The molecule has 6 heteroatoms. The second-order valence-electron chi connectivity index (χ2n) is 3.48. The third kappa shape index (κ3) is 5.19. The standard InChI is InChI=1S/C11H12BrClN2O2/c1-7(2)17-11(16)10(13)15-14-9-5-3-8(12)4-6-9/h3-7,14H,1-2H3/b15-10-. The van der Waals surface area contributed by atoms with E-state index in [1.165, 1.54) is 0 Å². The summed E-state index contributed by atoms with van der Waals surface area (Å²) in [7, 11) is 0. The maximum atomic E-state index is 11.3. The van der Waals surface area contributed by atoms with Gasteiger partial charge in [-0.2, -0.15) is 5.10 Å². The molecule has 0 fully saturated rings. The fraction of sp³-hybridized carbons (Fsp3) is 0.273. The smallest absolute Gasteiger partial charge is 0.370 e. The van der Waals surface area contributed by atoms with Gasteiger partial charge in [-0.1, -0.05) is 27.5 Å². The van der Waals surface area contributed by atoms with Gasteiger partial charge in [-0.05, 0) is 38.1 Å². The Hall–Kier alpha value is -1.07. The highest BCUT2D eigenvalue weighted by atomic mass is 79.9. The van der Waals surface area contributed by atoms with Crippen molar-refractivity contribution in [1.82, 2.24) is 0 Å². The number of esters is 1. The largest absolute Gasteiger partial charge is 0.458 e. The monoisotopic (exact) mass is 318 g/mol. The van der Waals surface area contributed by atoms with E-state index >= 15 is 0 Å². The second kappa shape index (κ2) is 6.61. The molecule has 0 aromatic heterocycles. The molecule has 1 rings (SSSR count). The average Bonchev–Trinajstić information content (AvgIpc) is 2.27. The van der Waals surface area contributed by atoms with Crippen LogP contribution in [0.5, 0.6) is 0 Å². The first kappa shape index (κ1) is 14.0. The lowest BCUT2D eigenvalue weighted by molar-refractivity contribution is -0.138. The van der Waals surface area contributed by atoms with Crippen LogP contribution in [-0.4, -0.2) is 17.2 Å². The van der Waals surface area contributed by atoms with Gasteiger partial charge < -0.3 is 4.74 Å². The van der Waals surface area contributed by atoms with Crippen molar-refractivity contribution in [2.45, 2.75) is 20.0 Å². The van der Waals surface area contributed by atoms with Crippen LogP contribution in [-0.2, 0) is 9.53 Å². The van der Waals surface area contributed by atoms with Crippen molar-refractivity contribution in [3.05, 3.63) is 28.7 Å². The first-order chi connectivity index (χ1) is 7.99. The molecule has 1 aromatic rings. The lowest BCUT2D eigenvalue weighted by Crippen LogP contribution is -2.18. The Kier molecular flexibility index (Phi) is 5.44. The van der Waals surface area contributed by atoms with E-state index in [-0.39, 0.29) is 11.3 Å². The number of nitrogens with zero attached hydrogens (tertiary/aromatic N) is 1. The number of nitrogens with one attached hydrogen (secondary N) is 1. The number of benzene rings is 1. The summed E-state index contributed by atoms with van der Waals surface area (Å²) >= 11 is 8.97. The molecule has 0 aliphatic carbocycles. The highest BCUT2D eigenvalue weighted by molar-refractivity contribution is 9.10. The van der Waals surface area contributed by atoms with Crippen molar-refractivity contribution in [3.8, 4) is 0 Å². The Morgan fingerprint density at radius 2 is 2.00 bits per heavy atom. The number of ether oxygens (including phenoxy) is 1. The van der Waals surface area contributed by atoms with E-state index in [2.05, 4.69) is 26.5 Å². The van der Waals surface area contributed by atoms with Gasteiger partial charge in [-0.25, -0.2) is 4.79 Å². The number of carbonyl (C=O) groups is 1. The zero-order valence-corrected chi connectivity index (χ0v) is 11.7. The maximum Gasteiger partial charge on any atom is 0.370 e. The molecule has 0 amide bonds. The lowest BCUT2D eigenvalue weighted by atomic mass is 10.3. The van der Waals surface area contributed by atoms with E-state index in [9.17, 15) is 4.79 Å². The predicted molar refractivity (Wildman–Crippen MR) is 72.3 cm³/mol. The van der Waals surface area contributed by atoms with E-state index in [1.54, 1.807) is 26.0 Å². The normalized spacial score (nSPS) is 11.5. The molecule has 1 aromatic carbocycles. The van der Waals surface area contributed by atoms with E-state index < -0.39 is 5.97 Å². The number of anilines is 1. The van der Waals surface area contributed by atoms with Gasteiger partial charge in [0.25, 0.3) is 0 Å². The van der Waals surface area contributed by atoms with Crippen LogP contribution in [0.25, 0.3) is 0 Å². The molecule has 0 unspecified atom stereocenters. The minimum Gasteiger partial charge on any atom is -0.458 e. The fourth-order valence-corrected chi connectivity index (χ4v) is 1.30. The summed E-state index contributed by atoms with van der Waals surface area (Å²) < 4.78 is 5.83. The van der Waals surface area contributed by atoms with E-state index in [4.69, 9.17) is 16.3 Å². The van der Waals surface area contributed by atoms with Gasteiger partial charge >= 0.3 is 5.97 Å². The quantitative estimate of drug-likeness (QED) is 0.526. The Morgan fingerprint density at radius 3 is 2.53 bits per heavy atom. The number of rotatable bonds is 4. The van der Waals surface area contributed by atoms with Crippen LogP contribution in [0.1, 0.15) is 13.8 Å². The highest BCUT2D eigenvalue weighted by Crippen LogP contribution is 2.14. The minimum absolute atomic E-state index is 0.223. The van der Waals surface area contributed by atoms with Crippen molar-refractivity contribution < 1.29 is 9.53 Å². The van der Waals surface area contributed by atoms with Gasteiger partial charge in [-0.3, -0.25) is 5.43 Å². The molecule has 0 radical (unpaired) electrons. The van der Waals surface area contributed by atoms with Crippen LogP contribution < -0.4 is 5.43 Å². The Balaban J connectivity index is 2.58. The van der Waals surface area contributed by atoms with Crippen molar-refractivity contribution in [1.29, 1.82) is 0 Å². The van der Waals surface area contributed by atoms with Crippen LogP contribution in [0, 0.1) is 0 Å². The molecule has 0 spiro atoms. The third-order valence-corrected chi connectivity index (χ3v) is 2.41. The molecule has 0 aliphatic heterocycles. The second-order valence-corrected chi connectivity index (χ2v) is 4.75. The van der Waals surface area contributed by atoms with Crippen molar-refractivity contribution in [3.63, 3.8) is 0 Å². The molecule has 0 bridgehead atoms. The molecular formula is C11H12BrClN2O2. The van der Waals surface area contributed by atoms with Crippen LogP contribution in [0.3, 0.4) is 0 Å². The summed E-state index contributed by atoms with van der Waals surface area (Å²) in [6.07, 6.45) is -0.223. The van der Waals surface area contributed by atoms with Crippen LogP contribution in [0.15, 0.2) is 33.8 Å². The summed E-state index contributed by atoms with van der Waals surface area (Å²) in [6.45, 7) is 3.48. The van der Waals surface area contributed by atoms with Crippen molar-refractivity contribution in [2.24, 2.45) is 5.10 Å². The molecular weight excluding hydrogens is 307 g/mol. The Labute approximate surface area is 113 Å². The maximum absolute atomic E-state index is 11.3. The highest BCUT2D eigenvalue weighted by Gasteiger charge is 2.11. The number of carbonyl (C=O) groups excluding carboxylic acids is 1. The minimum atomic E-state index is -0.647. The topological polar surface area (TPSA) is 50.7 Å². The van der Waals surface area contributed by atoms with E-state index in [1.807, 2.05) is 12.1 Å². The van der Waals surface area contributed by atoms with Gasteiger partial charge in [0, 0.05) is 4.47 Å². The van der Waals surface area contributed by atoms with E-state index in [0.717, 1.165) is 10.2 Å². The van der Waals surface area contributed by atoms with Gasteiger partial charge in [0.15, 0.2) is 0 Å². The van der Waals surface area contributed by atoms with E-state index in [0.29, 0.717) is 0 Å². The van der Waals surface area contributed by atoms with Crippen LogP contribution in [0.4, 0.5) is 5.69 Å². The zero-order valence-electron chi connectivity index (χ0n) is 9.41. The van der Waals surface area contributed by atoms with Crippen molar-refractivity contribution in [2.75, 3.05) is 5.43 Å². The fourth-order valence-electron chi connectivity index (χ4n) is 0.946. The summed E-state index contributed by atoms with van der Waals surface area (Å²) in [5.74, 6) is -0.647. The first-order valence-electron chi connectivity index (χ1n) is 4.95. The lowest BCUT2D eigenvalue weighted by Gasteiger charge is -2.06. The van der Waals surface area contributed by atoms with Crippen molar-refractivity contribution >= 4 is 44.4 Å². The van der Waals surface area contributed by atoms with Gasteiger partial charge in [0.05, 0.1) is 11.8 Å². The average molecular weight is 320 g/mol. The number of hydrogen-bond acceptors (Lipinski definition) is 4. The van der Waals surface area contributed by atoms with Gasteiger partial charge in [0.2, 0.25) is 5.17 Å². The summed E-state index contributed by atoms with van der Waals surface area (Å²) in [5, 5.41) is 3.48. The molecule has 0 saturated heterocycles. The van der Waals surface area contributed by atoms with Gasteiger partial charge in [-0.15, -0.1) is 0 Å². The summed E-state index contributed by atoms with van der Waals surface area (Å²) in [6, 6.07) is 7.29. The molecule has 4 nitrogen and oxygen atoms in total. The number of halogens is 2. The number of hydrogen-bond donors (Lipinski definition) is 1. The molecule has 0 saturated carbocycles. The predicted octanol–water partition coefficient (Wildman–Crippen LogP) is 3.36. The molecule has 0 aliphatic rings. The SMILES string of the molecule is CC(C)OC(=O)/C(Cl)=N/Nc1ccc(Br)cc1. The molecule has 0 atom stereocenters. The van der Waals surface area contributed by atoms with Crippen LogP contribution in [0.2, 0.25) is 0 Å². The Morgan fingerprint density at radius 1 is 1.41 bits per heavy atom. The molecule has 17 heavy (non-hydrogen) atoms. The summed E-state index contributed by atoms with van der Waals surface area (Å²) in [4.78, 5) is 11.3. The number of hydrazone groups is 1. The first-order valence-corrected chi connectivity index (χ1v) is 6.12. The molecule has 92 valence electrons. The summed E-state index contributed by atoms with van der Waals surface area (Å²) in [5.41, 5.74) is 3.39.